The van der Waals surface area contributed by atoms with Gasteiger partial charge in [0, 0.05) is 6.61 Å². The summed E-state index contributed by atoms with van der Waals surface area (Å²) in [6, 6.07) is 0. The van der Waals surface area contributed by atoms with E-state index in [4.69, 9.17) is 14.6 Å². The third-order valence-electron chi connectivity index (χ3n) is 2.72. The molecule has 0 aromatic rings. The van der Waals surface area contributed by atoms with E-state index in [-0.39, 0.29) is 12.4 Å². The lowest BCUT2D eigenvalue weighted by Crippen LogP contribution is -2.33. The Morgan fingerprint density at radius 1 is 1.22 bits per heavy atom. The Hall–Kier alpha value is -1.10. The summed E-state index contributed by atoms with van der Waals surface area (Å²) in [7, 11) is 0. The largest absolute Gasteiger partial charge is 0.481 e. The van der Waals surface area contributed by atoms with Crippen LogP contribution >= 0.6 is 0 Å². The predicted molar refractivity (Wildman–Crippen MR) is 67.3 cm³/mol. The molecule has 0 spiro atoms. The van der Waals surface area contributed by atoms with E-state index in [2.05, 4.69) is 0 Å². The van der Waals surface area contributed by atoms with Crippen molar-refractivity contribution in [1.82, 2.24) is 0 Å². The van der Waals surface area contributed by atoms with Crippen molar-refractivity contribution in [3.05, 3.63) is 0 Å². The Balaban J connectivity index is 4.32. The van der Waals surface area contributed by atoms with Crippen LogP contribution in [0.3, 0.4) is 0 Å². The van der Waals surface area contributed by atoms with Crippen molar-refractivity contribution < 1.29 is 24.2 Å². The van der Waals surface area contributed by atoms with Gasteiger partial charge in [0.2, 0.25) is 0 Å². The van der Waals surface area contributed by atoms with Crippen LogP contribution in [0.15, 0.2) is 0 Å². The van der Waals surface area contributed by atoms with Crippen molar-refractivity contribution in [3.63, 3.8) is 0 Å². The van der Waals surface area contributed by atoms with Crippen LogP contribution in [0.25, 0.3) is 0 Å². The summed E-state index contributed by atoms with van der Waals surface area (Å²) in [4.78, 5) is 22.6. The Morgan fingerprint density at radius 3 is 2.33 bits per heavy atom. The molecular weight excluding hydrogens is 236 g/mol. The quantitative estimate of drug-likeness (QED) is 0.481. The molecule has 5 nitrogen and oxygen atoms in total. The summed E-state index contributed by atoms with van der Waals surface area (Å²) in [5, 5.41) is 9.07. The molecule has 0 fully saturated rings. The molecule has 2 unspecified atom stereocenters. The van der Waals surface area contributed by atoms with Gasteiger partial charge in [0.15, 0.2) is 0 Å². The van der Waals surface area contributed by atoms with Crippen molar-refractivity contribution in [1.29, 1.82) is 0 Å². The number of unbranched alkanes of at least 4 members (excludes halogenated alkanes) is 1. The Kier molecular flexibility index (Phi) is 9.28. The number of hydrogen-bond donors (Lipinski definition) is 1. The first-order chi connectivity index (χ1) is 8.56. The average Bonchev–Trinajstić information content (AvgIpc) is 2.30. The number of carbonyl (C=O) groups excluding carboxylic acids is 1. The van der Waals surface area contributed by atoms with Gasteiger partial charge < -0.3 is 14.6 Å². The minimum absolute atomic E-state index is 0.00234. The molecule has 0 radical (unpaired) electrons. The van der Waals surface area contributed by atoms with E-state index >= 15 is 0 Å². The molecule has 106 valence electrons. The number of rotatable bonds is 10. The molecule has 0 saturated heterocycles. The molecule has 0 aliphatic carbocycles. The maximum absolute atomic E-state index is 11.6. The minimum atomic E-state index is -0.933. The van der Waals surface area contributed by atoms with Crippen molar-refractivity contribution in [3.8, 4) is 0 Å². The minimum Gasteiger partial charge on any atom is -0.481 e. The van der Waals surface area contributed by atoms with E-state index in [1.807, 2.05) is 6.92 Å². The Bertz CT molecular complexity index is 252. The van der Waals surface area contributed by atoms with Gasteiger partial charge in [-0.3, -0.25) is 9.59 Å². The molecule has 0 aromatic carbocycles. The fraction of sp³-hybridized carbons (Fsp3) is 0.846. The molecule has 0 aliphatic heterocycles. The lowest BCUT2D eigenvalue weighted by atomic mass is 9.97. The summed E-state index contributed by atoms with van der Waals surface area (Å²) < 4.78 is 10.4. The van der Waals surface area contributed by atoms with E-state index in [9.17, 15) is 9.59 Å². The van der Waals surface area contributed by atoms with Crippen LogP contribution in [0.1, 0.15) is 46.5 Å². The van der Waals surface area contributed by atoms with E-state index in [1.165, 1.54) is 0 Å². The summed E-state index contributed by atoms with van der Waals surface area (Å²) >= 11 is 0. The third-order valence-corrected chi connectivity index (χ3v) is 2.72. The van der Waals surface area contributed by atoms with Crippen molar-refractivity contribution in [2.45, 2.75) is 52.6 Å². The molecule has 0 bridgehead atoms. The summed E-state index contributed by atoms with van der Waals surface area (Å²) in [5.74, 6) is -1.98. The smallest absolute Gasteiger partial charge is 0.309 e. The Labute approximate surface area is 108 Å². The number of ether oxygens (including phenoxy) is 2. The Morgan fingerprint density at radius 2 is 1.89 bits per heavy atom. The lowest BCUT2D eigenvalue weighted by Gasteiger charge is -2.22. The van der Waals surface area contributed by atoms with Gasteiger partial charge in [-0.05, 0) is 19.8 Å². The second-order valence-electron chi connectivity index (χ2n) is 4.12. The topological polar surface area (TPSA) is 72.8 Å². The molecule has 0 heterocycles. The molecule has 0 aliphatic rings. The van der Waals surface area contributed by atoms with E-state index < -0.39 is 18.0 Å². The molecule has 5 heteroatoms. The number of esters is 1. The van der Waals surface area contributed by atoms with Gasteiger partial charge in [0.05, 0.1) is 25.0 Å². The van der Waals surface area contributed by atoms with E-state index in [0.717, 1.165) is 12.8 Å². The van der Waals surface area contributed by atoms with Crippen LogP contribution < -0.4 is 0 Å². The summed E-state index contributed by atoms with van der Waals surface area (Å²) in [6.07, 6.45) is 1.60. The first-order valence-electron chi connectivity index (χ1n) is 6.56. The molecule has 2 atom stereocenters. The lowest BCUT2D eigenvalue weighted by molar-refractivity contribution is -0.153. The fourth-order valence-corrected chi connectivity index (χ4v) is 1.68. The number of hydrogen-bond acceptors (Lipinski definition) is 4. The van der Waals surface area contributed by atoms with Crippen LogP contribution in [0.5, 0.6) is 0 Å². The third kappa shape index (κ3) is 6.59. The van der Waals surface area contributed by atoms with Gasteiger partial charge in [-0.15, -0.1) is 0 Å². The van der Waals surface area contributed by atoms with Crippen LogP contribution in [-0.4, -0.2) is 36.4 Å². The number of carbonyl (C=O) groups is 2. The number of carboxylic acids is 1. The highest BCUT2D eigenvalue weighted by Gasteiger charge is 2.29. The van der Waals surface area contributed by atoms with Crippen molar-refractivity contribution in [2.24, 2.45) is 5.92 Å². The zero-order valence-electron chi connectivity index (χ0n) is 11.5. The molecule has 0 amide bonds. The van der Waals surface area contributed by atoms with E-state index in [0.29, 0.717) is 19.6 Å². The van der Waals surface area contributed by atoms with Gasteiger partial charge in [-0.1, -0.05) is 20.3 Å². The molecular formula is C13H24O5. The zero-order chi connectivity index (χ0) is 14.0. The highest BCUT2D eigenvalue weighted by Crippen LogP contribution is 2.17. The first-order valence-corrected chi connectivity index (χ1v) is 6.56. The van der Waals surface area contributed by atoms with Gasteiger partial charge in [-0.2, -0.15) is 0 Å². The molecule has 0 rings (SSSR count). The predicted octanol–water partition coefficient (Wildman–Crippen LogP) is 2.24. The molecule has 0 aromatic heterocycles. The summed E-state index contributed by atoms with van der Waals surface area (Å²) in [5.41, 5.74) is 0. The zero-order valence-corrected chi connectivity index (χ0v) is 11.5. The summed E-state index contributed by atoms with van der Waals surface area (Å²) in [6.45, 7) is 6.33. The maximum Gasteiger partial charge on any atom is 0.309 e. The average molecular weight is 260 g/mol. The van der Waals surface area contributed by atoms with E-state index in [1.54, 1.807) is 13.8 Å². The maximum atomic E-state index is 11.6. The normalized spacial score (nSPS) is 13.9. The van der Waals surface area contributed by atoms with Gasteiger partial charge in [0.25, 0.3) is 0 Å². The standard InChI is InChI=1S/C13H24O5/c1-4-7-8-18-12(14)9-11(17-6-3)10(5-2)13(15)16/h10-11H,4-9H2,1-3H3,(H,15,16). The highest BCUT2D eigenvalue weighted by atomic mass is 16.5. The van der Waals surface area contributed by atoms with Crippen molar-refractivity contribution in [2.75, 3.05) is 13.2 Å². The number of aliphatic carboxylic acids is 1. The van der Waals surface area contributed by atoms with Crippen LogP contribution in [0.2, 0.25) is 0 Å². The first kappa shape index (κ1) is 16.9. The second-order valence-corrected chi connectivity index (χ2v) is 4.12. The molecule has 0 saturated carbocycles. The highest BCUT2D eigenvalue weighted by molar-refractivity contribution is 5.74. The SMILES string of the molecule is CCCCOC(=O)CC(OCC)C(CC)C(=O)O. The fourth-order valence-electron chi connectivity index (χ4n) is 1.68. The van der Waals surface area contributed by atoms with Crippen LogP contribution in [0.4, 0.5) is 0 Å². The monoisotopic (exact) mass is 260 g/mol. The van der Waals surface area contributed by atoms with Crippen LogP contribution in [0, 0.1) is 5.92 Å². The van der Waals surface area contributed by atoms with Gasteiger partial charge in [0.1, 0.15) is 0 Å². The second kappa shape index (κ2) is 9.88. The van der Waals surface area contributed by atoms with Crippen molar-refractivity contribution >= 4 is 11.9 Å². The molecule has 18 heavy (non-hydrogen) atoms. The number of carboxylic acid groups (broad SMARTS) is 1. The van der Waals surface area contributed by atoms with Crippen LogP contribution in [-0.2, 0) is 19.1 Å². The molecule has 1 N–H and O–H groups in total. The van der Waals surface area contributed by atoms with Gasteiger partial charge >= 0.3 is 11.9 Å². The van der Waals surface area contributed by atoms with Gasteiger partial charge in [-0.25, -0.2) is 0 Å².